The first-order valence-electron chi connectivity index (χ1n) is 14.6. The van der Waals surface area contributed by atoms with Gasteiger partial charge in [-0.25, -0.2) is 14.3 Å². The van der Waals surface area contributed by atoms with E-state index >= 15 is 0 Å². The Hall–Kier alpha value is -4.81. The molecule has 1 unspecified atom stereocenters. The smallest absolute Gasteiger partial charge is 0.413 e. The number of urea groups is 1. The van der Waals surface area contributed by atoms with Crippen molar-refractivity contribution in [1.29, 1.82) is 0 Å². The number of benzene rings is 3. The maximum Gasteiger partial charge on any atom is 0.413 e. The Bertz CT molecular complexity index is 1850. The Morgan fingerprint density at radius 3 is 2.41 bits per heavy atom. The Labute approximate surface area is 275 Å². The van der Waals surface area contributed by atoms with Crippen LogP contribution in [0.4, 0.5) is 26.8 Å². The first-order chi connectivity index (χ1) is 21.9. The van der Waals surface area contributed by atoms with Gasteiger partial charge in [-0.2, -0.15) is 5.10 Å². The van der Waals surface area contributed by atoms with Crippen molar-refractivity contribution in [1.82, 2.24) is 14.7 Å². The van der Waals surface area contributed by atoms with Gasteiger partial charge in [0.15, 0.2) is 5.50 Å². The molecule has 11 nitrogen and oxygen atoms in total. The number of allylic oxidation sites excluding steroid dienone is 1. The summed E-state index contributed by atoms with van der Waals surface area (Å²) in [6.45, 7) is 8.14. The predicted octanol–water partition coefficient (Wildman–Crippen LogP) is 8.71. The average Bonchev–Trinajstić information content (AvgIpc) is 3.70. The van der Waals surface area contributed by atoms with Gasteiger partial charge in [-0.15, -0.1) is 0 Å². The van der Waals surface area contributed by atoms with Gasteiger partial charge in [0.05, 0.1) is 29.2 Å². The molecule has 46 heavy (non-hydrogen) atoms. The molecule has 6 rings (SSSR count). The number of halogens is 1. The molecule has 0 bridgehead atoms. The molecule has 0 saturated carbocycles. The Morgan fingerprint density at radius 2 is 1.76 bits per heavy atom. The van der Waals surface area contributed by atoms with Crippen LogP contribution in [0.15, 0.2) is 83.5 Å². The molecule has 3 amide bonds. The molecule has 3 N–H and O–H groups in total. The highest BCUT2D eigenvalue weighted by molar-refractivity contribution is 8.00. The Morgan fingerprint density at radius 1 is 1.02 bits per heavy atom. The average molecular weight is 661 g/mol. The molecule has 3 heterocycles. The van der Waals surface area contributed by atoms with E-state index < -0.39 is 12.1 Å². The standard InChI is InChI=1S/C33H33ClN6O5S/c1-6-20-18-38(32(42)43)31-39(20)25-16-23(12-14-27(25)46-31)45-22-10-7-19(8-11-22)35-30(41)36-29-17-28(33(2,3)4)37-40(29)21-9-13-26(44-5)24(34)15-21/h7-18,31H,6H2,1-5H3,(H,42,43)(H2,35,36,41). The number of anilines is 3. The Balaban J connectivity index is 1.14. The molecule has 3 aromatic carbocycles. The van der Waals surface area contributed by atoms with Crippen molar-refractivity contribution in [2.45, 2.75) is 49.9 Å². The number of nitrogens with one attached hydrogen (secondary N) is 2. The zero-order valence-corrected chi connectivity index (χ0v) is 27.4. The lowest BCUT2D eigenvalue weighted by atomic mass is 9.92. The lowest BCUT2D eigenvalue weighted by molar-refractivity contribution is 0.163. The van der Waals surface area contributed by atoms with E-state index in [-0.39, 0.29) is 10.9 Å². The lowest BCUT2D eigenvalue weighted by Gasteiger charge is -2.24. The minimum atomic E-state index is -0.986. The molecule has 0 saturated heterocycles. The summed E-state index contributed by atoms with van der Waals surface area (Å²) in [6.07, 6.45) is 1.40. The van der Waals surface area contributed by atoms with Crippen LogP contribution >= 0.6 is 23.4 Å². The van der Waals surface area contributed by atoms with Crippen LogP contribution in [-0.4, -0.2) is 44.5 Å². The van der Waals surface area contributed by atoms with Crippen molar-refractivity contribution >= 4 is 52.7 Å². The summed E-state index contributed by atoms with van der Waals surface area (Å²) in [5.74, 6) is 2.21. The van der Waals surface area contributed by atoms with Crippen LogP contribution < -0.4 is 25.0 Å². The number of hydrogen-bond donors (Lipinski definition) is 3. The highest BCUT2D eigenvalue weighted by Gasteiger charge is 2.42. The number of nitrogens with zero attached hydrogens (tertiary/aromatic N) is 4. The summed E-state index contributed by atoms with van der Waals surface area (Å²) in [5, 5.41) is 20.6. The number of carbonyl (C=O) groups is 2. The Kier molecular flexibility index (Phi) is 8.26. The second-order valence-corrected chi connectivity index (χ2v) is 13.2. The fourth-order valence-electron chi connectivity index (χ4n) is 5.15. The first-order valence-corrected chi connectivity index (χ1v) is 15.8. The molecule has 4 aromatic rings. The summed E-state index contributed by atoms with van der Waals surface area (Å²) < 4.78 is 13.0. The largest absolute Gasteiger partial charge is 0.495 e. The third kappa shape index (κ3) is 6.05. The quantitative estimate of drug-likeness (QED) is 0.180. The third-order valence-corrected chi connectivity index (χ3v) is 9.05. The number of rotatable bonds is 7. The topological polar surface area (TPSA) is 121 Å². The molecule has 238 valence electrons. The number of aromatic nitrogens is 2. The van der Waals surface area contributed by atoms with Crippen LogP contribution in [0.5, 0.6) is 17.2 Å². The SMILES string of the molecule is CCC1=CN(C(=O)O)C2Sc3ccc(Oc4ccc(NC(=O)Nc5cc(C(C)(C)C)nn5-c5ccc(OC)c(Cl)c5)cc4)cc3N12. The van der Waals surface area contributed by atoms with Gasteiger partial charge in [-0.3, -0.25) is 10.2 Å². The highest BCUT2D eigenvalue weighted by Crippen LogP contribution is 2.51. The van der Waals surface area contributed by atoms with Gasteiger partial charge in [0.25, 0.3) is 0 Å². The van der Waals surface area contributed by atoms with Crippen molar-refractivity contribution < 1.29 is 24.2 Å². The number of thioether (sulfide) groups is 1. The molecule has 1 aromatic heterocycles. The molecule has 13 heteroatoms. The number of fused-ring (bicyclic) bond motifs is 3. The van der Waals surface area contributed by atoms with Crippen LogP contribution in [0.3, 0.4) is 0 Å². The van der Waals surface area contributed by atoms with Gasteiger partial charge in [0.2, 0.25) is 0 Å². The van der Waals surface area contributed by atoms with Crippen LogP contribution in [0.1, 0.15) is 39.8 Å². The number of hydrogen-bond acceptors (Lipinski definition) is 7. The first kappa shape index (κ1) is 31.2. The second-order valence-electron chi connectivity index (χ2n) is 11.7. The fourth-order valence-corrected chi connectivity index (χ4v) is 6.67. The molecule has 0 spiro atoms. The normalized spacial score (nSPS) is 15.3. The molecular weight excluding hydrogens is 628 g/mol. The maximum absolute atomic E-state index is 13.1. The molecule has 2 aliphatic heterocycles. The van der Waals surface area contributed by atoms with E-state index in [9.17, 15) is 14.7 Å². The summed E-state index contributed by atoms with van der Waals surface area (Å²) >= 11 is 7.87. The third-order valence-electron chi connectivity index (χ3n) is 7.51. The van der Waals surface area contributed by atoms with Gasteiger partial charge in [0.1, 0.15) is 23.1 Å². The second kappa shape index (κ2) is 12.2. The molecular formula is C33H33ClN6O5S. The van der Waals surface area contributed by atoms with E-state index in [0.29, 0.717) is 45.9 Å². The van der Waals surface area contributed by atoms with E-state index in [4.69, 9.17) is 26.2 Å². The van der Waals surface area contributed by atoms with Crippen molar-refractivity contribution in [3.05, 3.63) is 89.3 Å². The van der Waals surface area contributed by atoms with Crippen LogP contribution in [0, 0.1) is 0 Å². The highest BCUT2D eigenvalue weighted by atomic mass is 35.5. The monoisotopic (exact) mass is 660 g/mol. The lowest BCUT2D eigenvalue weighted by Crippen LogP contribution is -2.36. The predicted molar refractivity (Wildman–Crippen MR) is 180 cm³/mol. The van der Waals surface area contributed by atoms with Gasteiger partial charge in [0, 0.05) is 40.0 Å². The van der Waals surface area contributed by atoms with E-state index in [1.54, 1.807) is 54.4 Å². The van der Waals surface area contributed by atoms with Gasteiger partial charge in [-0.05, 0) is 61.0 Å². The summed E-state index contributed by atoms with van der Waals surface area (Å²) in [7, 11) is 1.55. The van der Waals surface area contributed by atoms with Crippen LogP contribution in [-0.2, 0) is 5.41 Å². The zero-order valence-electron chi connectivity index (χ0n) is 25.9. The number of ether oxygens (including phenoxy) is 2. The fraction of sp³-hybridized carbons (Fsp3) is 0.242. The van der Waals surface area contributed by atoms with Crippen molar-refractivity contribution in [3.8, 4) is 22.9 Å². The summed E-state index contributed by atoms with van der Waals surface area (Å²) in [6, 6.07) is 19.4. The van der Waals surface area contributed by atoms with E-state index in [1.807, 2.05) is 62.9 Å². The van der Waals surface area contributed by atoms with Crippen LogP contribution in [0.25, 0.3) is 5.69 Å². The van der Waals surface area contributed by atoms with E-state index in [0.717, 1.165) is 22.0 Å². The van der Waals surface area contributed by atoms with Crippen LogP contribution in [0.2, 0.25) is 5.02 Å². The van der Waals surface area contributed by atoms with Gasteiger partial charge in [-0.1, -0.05) is 51.1 Å². The molecule has 0 aliphatic carbocycles. The van der Waals surface area contributed by atoms with Crippen molar-refractivity contribution in [3.63, 3.8) is 0 Å². The minimum absolute atomic E-state index is 0.258. The molecule has 0 radical (unpaired) electrons. The van der Waals surface area contributed by atoms with Crippen molar-refractivity contribution in [2.75, 3.05) is 22.6 Å². The summed E-state index contributed by atoms with van der Waals surface area (Å²) in [5.41, 5.74) is 3.25. The van der Waals surface area contributed by atoms with E-state index in [1.165, 1.54) is 16.7 Å². The maximum atomic E-state index is 13.1. The molecule has 2 aliphatic rings. The van der Waals surface area contributed by atoms with E-state index in [2.05, 4.69) is 10.6 Å². The molecule has 0 fully saturated rings. The number of methoxy groups -OCH3 is 1. The number of amides is 3. The number of carbonyl (C=O) groups excluding carboxylic acids is 1. The van der Waals surface area contributed by atoms with Crippen molar-refractivity contribution in [2.24, 2.45) is 0 Å². The number of carboxylic acid groups (broad SMARTS) is 1. The van der Waals surface area contributed by atoms with Gasteiger partial charge < -0.3 is 24.8 Å². The van der Waals surface area contributed by atoms with Gasteiger partial charge >= 0.3 is 12.1 Å². The summed E-state index contributed by atoms with van der Waals surface area (Å²) in [4.78, 5) is 29.2. The minimum Gasteiger partial charge on any atom is -0.495 e. The molecule has 1 atom stereocenters. The zero-order chi connectivity index (χ0) is 32.7.